The number of esters is 1. The van der Waals surface area contributed by atoms with Gasteiger partial charge in [-0.25, -0.2) is 0 Å². The van der Waals surface area contributed by atoms with Gasteiger partial charge in [0, 0.05) is 12.2 Å². The van der Waals surface area contributed by atoms with Crippen LogP contribution in [0.15, 0.2) is 30.3 Å². The van der Waals surface area contributed by atoms with Crippen LogP contribution in [0, 0.1) is 11.8 Å². The molecule has 1 saturated carbocycles. The summed E-state index contributed by atoms with van der Waals surface area (Å²) in [5.74, 6) is 1.02. The number of Topliss-reactive ketones (excluding diaryl/α,β-unsaturated/α-hetero) is 1. The highest BCUT2D eigenvalue weighted by Gasteiger charge is 2.40. The molecule has 0 amide bonds. The minimum Gasteiger partial charge on any atom is -0.468 e. The smallest absolute Gasteiger partial charge is 0.316 e. The molecule has 2 rings (SSSR count). The van der Waals surface area contributed by atoms with Crippen LogP contribution in [0.4, 0.5) is 0 Å². The van der Waals surface area contributed by atoms with Crippen molar-refractivity contribution in [1.29, 1.82) is 0 Å². The molecule has 0 radical (unpaired) electrons. The molecule has 0 aromatic heterocycles. The van der Waals surface area contributed by atoms with Crippen molar-refractivity contribution >= 4 is 23.5 Å². The summed E-state index contributed by atoms with van der Waals surface area (Å²) in [6.07, 6.45) is 1.32. The van der Waals surface area contributed by atoms with Crippen molar-refractivity contribution in [3.63, 3.8) is 0 Å². The van der Waals surface area contributed by atoms with Gasteiger partial charge in [-0.05, 0) is 23.7 Å². The van der Waals surface area contributed by atoms with E-state index < -0.39 is 5.92 Å². The van der Waals surface area contributed by atoms with E-state index in [1.54, 1.807) is 11.8 Å². The summed E-state index contributed by atoms with van der Waals surface area (Å²) in [5, 5.41) is 0. The Morgan fingerprint density at radius 2 is 2.11 bits per heavy atom. The molecule has 2 unspecified atom stereocenters. The van der Waals surface area contributed by atoms with Crippen LogP contribution < -0.4 is 0 Å². The van der Waals surface area contributed by atoms with Gasteiger partial charge < -0.3 is 4.74 Å². The van der Waals surface area contributed by atoms with Crippen LogP contribution in [-0.4, -0.2) is 24.6 Å². The van der Waals surface area contributed by atoms with Crippen LogP contribution in [0.1, 0.15) is 18.4 Å². The fourth-order valence-corrected chi connectivity index (χ4v) is 3.65. The average molecular weight is 278 g/mol. The molecule has 4 heteroatoms. The lowest BCUT2D eigenvalue weighted by molar-refractivity contribution is -0.149. The summed E-state index contributed by atoms with van der Waals surface area (Å²) in [7, 11) is 1.35. The second-order valence-electron chi connectivity index (χ2n) is 4.77. The van der Waals surface area contributed by atoms with Crippen LogP contribution >= 0.6 is 11.8 Å². The summed E-state index contributed by atoms with van der Waals surface area (Å²) >= 11 is 1.78. The largest absolute Gasteiger partial charge is 0.468 e. The van der Waals surface area contributed by atoms with Crippen molar-refractivity contribution in [2.75, 3.05) is 12.9 Å². The third-order valence-electron chi connectivity index (χ3n) is 3.48. The van der Waals surface area contributed by atoms with E-state index in [0.29, 0.717) is 6.42 Å². The zero-order chi connectivity index (χ0) is 13.7. The first kappa shape index (κ1) is 14.1. The van der Waals surface area contributed by atoms with E-state index in [9.17, 15) is 9.59 Å². The van der Waals surface area contributed by atoms with Gasteiger partial charge in [-0.15, -0.1) is 0 Å². The summed E-state index contributed by atoms with van der Waals surface area (Å²) in [5.41, 5.74) is 1.27. The number of thioether (sulfide) groups is 1. The molecule has 0 heterocycles. The van der Waals surface area contributed by atoms with Gasteiger partial charge >= 0.3 is 5.97 Å². The molecule has 3 nitrogen and oxygen atoms in total. The van der Waals surface area contributed by atoms with E-state index in [1.165, 1.54) is 12.7 Å². The van der Waals surface area contributed by atoms with Gasteiger partial charge in [0.1, 0.15) is 11.7 Å². The molecule has 1 aromatic carbocycles. The second kappa shape index (κ2) is 6.75. The fourth-order valence-electron chi connectivity index (χ4n) is 2.45. The molecule has 1 aliphatic carbocycles. The lowest BCUT2D eigenvalue weighted by Crippen LogP contribution is -2.27. The maximum Gasteiger partial charge on any atom is 0.316 e. The van der Waals surface area contributed by atoms with Crippen molar-refractivity contribution in [1.82, 2.24) is 0 Å². The molecule has 0 N–H and O–H groups in total. The van der Waals surface area contributed by atoms with Gasteiger partial charge in [0.25, 0.3) is 0 Å². The van der Waals surface area contributed by atoms with Gasteiger partial charge in [-0.3, -0.25) is 9.59 Å². The maximum atomic E-state index is 11.7. The highest BCUT2D eigenvalue weighted by molar-refractivity contribution is 7.98. The predicted molar refractivity (Wildman–Crippen MR) is 75.8 cm³/mol. The minimum absolute atomic E-state index is 0.0390. The van der Waals surface area contributed by atoms with Gasteiger partial charge in [0.2, 0.25) is 0 Å². The molecule has 1 aliphatic rings. The van der Waals surface area contributed by atoms with Gasteiger partial charge in [-0.1, -0.05) is 30.3 Å². The van der Waals surface area contributed by atoms with Crippen molar-refractivity contribution in [2.45, 2.75) is 18.6 Å². The number of carbonyl (C=O) groups is 2. The molecule has 0 spiro atoms. The van der Waals surface area contributed by atoms with E-state index in [2.05, 4.69) is 12.1 Å². The van der Waals surface area contributed by atoms with E-state index in [-0.39, 0.29) is 17.7 Å². The topological polar surface area (TPSA) is 43.4 Å². The van der Waals surface area contributed by atoms with E-state index in [0.717, 1.165) is 17.9 Å². The highest BCUT2D eigenvalue weighted by atomic mass is 32.2. The Morgan fingerprint density at radius 3 is 2.79 bits per heavy atom. The van der Waals surface area contributed by atoms with Crippen LogP contribution in [0.2, 0.25) is 0 Å². The van der Waals surface area contributed by atoms with Crippen molar-refractivity contribution in [3.8, 4) is 0 Å². The Morgan fingerprint density at radius 1 is 1.37 bits per heavy atom. The van der Waals surface area contributed by atoms with Crippen LogP contribution in [0.5, 0.6) is 0 Å². The number of methoxy groups -OCH3 is 1. The van der Waals surface area contributed by atoms with E-state index >= 15 is 0 Å². The molecule has 102 valence electrons. The summed E-state index contributed by atoms with van der Waals surface area (Å²) in [6, 6.07) is 10.2. The first-order chi connectivity index (χ1) is 9.22. The molecule has 0 bridgehead atoms. The lowest BCUT2D eigenvalue weighted by Gasteiger charge is -2.15. The number of ketones is 1. The Hall–Kier alpha value is -1.29. The standard InChI is InChI=1S/C15H18O3S/c1-18-15(17)14-12(7-8-13(14)16)10-19-9-11-5-3-2-4-6-11/h2-6,12,14H,7-10H2,1H3. The minimum atomic E-state index is -0.534. The molecule has 0 saturated heterocycles. The predicted octanol–water partition coefficient (Wildman–Crippen LogP) is 2.69. The lowest BCUT2D eigenvalue weighted by atomic mass is 9.98. The fraction of sp³-hybridized carbons (Fsp3) is 0.467. The summed E-state index contributed by atoms with van der Waals surface area (Å²) < 4.78 is 4.73. The van der Waals surface area contributed by atoms with E-state index in [4.69, 9.17) is 4.74 Å². The first-order valence-electron chi connectivity index (χ1n) is 6.44. The summed E-state index contributed by atoms with van der Waals surface area (Å²) in [4.78, 5) is 23.3. The van der Waals surface area contributed by atoms with Gasteiger partial charge in [0.15, 0.2) is 0 Å². The Kier molecular flexibility index (Phi) is 5.02. The van der Waals surface area contributed by atoms with Crippen molar-refractivity contribution in [2.24, 2.45) is 11.8 Å². The zero-order valence-corrected chi connectivity index (χ0v) is 11.8. The second-order valence-corrected chi connectivity index (χ2v) is 5.80. The zero-order valence-electron chi connectivity index (χ0n) is 11.0. The molecule has 1 fully saturated rings. The number of hydrogen-bond donors (Lipinski definition) is 0. The number of hydrogen-bond acceptors (Lipinski definition) is 4. The van der Waals surface area contributed by atoms with Gasteiger partial charge in [-0.2, -0.15) is 11.8 Å². The normalized spacial score (nSPS) is 22.5. The molecule has 1 aromatic rings. The highest BCUT2D eigenvalue weighted by Crippen LogP contribution is 2.33. The SMILES string of the molecule is COC(=O)C1C(=O)CCC1CSCc1ccccc1. The van der Waals surface area contributed by atoms with Crippen molar-refractivity contribution in [3.05, 3.63) is 35.9 Å². The number of benzene rings is 1. The Balaban J connectivity index is 1.85. The van der Waals surface area contributed by atoms with Crippen LogP contribution in [0.25, 0.3) is 0 Å². The average Bonchev–Trinajstić information content (AvgIpc) is 2.80. The summed E-state index contributed by atoms with van der Waals surface area (Å²) in [6.45, 7) is 0. The first-order valence-corrected chi connectivity index (χ1v) is 7.60. The van der Waals surface area contributed by atoms with Crippen LogP contribution in [0.3, 0.4) is 0 Å². The molecule has 0 aliphatic heterocycles. The Labute approximate surface area is 117 Å². The molecule has 19 heavy (non-hydrogen) atoms. The Bertz CT molecular complexity index is 444. The molecule has 2 atom stereocenters. The monoisotopic (exact) mass is 278 g/mol. The molecular formula is C15H18O3S. The van der Waals surface area contributed by atoms with Gasteiger partial charge in [0.05, 0.1) is 7.11 Å². The van der Waals surface area contributed by atoms with Crippen molar-refractivity contribution < 1.29 is 14.3 Å². The number of rotatable bonds is 5. The number of carbonyl (C=O) groups excluding carboxylic acids is 2. The third kappa shape index (κ3) is 3.60. The number of ether oxygens (including phenoxy) is 1. The molecular weight excluding hydrogens is 260 g/mol. The quantitative estimate of drug-likeness (QED) is 0.613. The maximum absolute atomic E-state index is 11.7. The van der Waals surface area contributed by atoms with E-state index in [1.807, 2.05) is 18.2 Å². The third-order valence-corrected chi connectivity index (χ3v) is 4.68. The van der Waals surface area contributed by atoms with Crippen LogP contribution in [-0.2, 0) is 20.1 Å².